The van der Waals surface area contributed by atoms with Gasteiger partial charge in [-0.1, -0.05) is 6.07 Å². The van der Waals surface area contributed by atoms with E-state index in [4.69, 9.17) is 4.74 Å². The lowest BCUT2D eigenvalue weighted by molar-refractivity contribution is 0.0869. The van der Waals surface area contributed by atoms with Crippen molar-refractivity contribution >= 4 is 0 Å². The Morgan fingerprint density at radius 2 is 2.12 bits per heavy atom. The van der Waals surface area contributed by atoms with Crippen molar-refractivity contribution in [3.63, 3.8) is 0 Å². The minimum absolute atomic E-state index is 0.695. The Bertz CT molecular complexity index is 355. The molecule has 0 N–H and O–H groups in total. The van der Waals surface area contributed by atoms with E-state index in [1.54, 1.807) is 7.11 Å². The summed E-state index contributed by atoms with van der Waals surface area (Å²) in [6, 6.07) is 4.16. The number of fused-ring (bicyclic) bond motifs is 3. The molecule has 3 heteroatoms. The van der Waals surface area contributed by atoms with Crippen LogP contribution < -0.4 is 4.74 Å². The van der Waals surface area contributed by atoms with Gasteiger partial charge >= 0.3 is 0 Å². The summed E-state index contributed by atoms with van der Waals surface area (Å²) in [5.41, 5.74) is 1.38. The van der Waals surface area contributed by atoms with Crippen molar-refractivity contribution in [3.05, 3.63) is 23.9 Å². The number of pyridine rings is 1. The average Bonchev–Trinajstić information content (AvgIpc) is 2.40. The second kappa shape index (κ2) is 4.06. The molecule has 0 amide bonds. The Labute approximate surface area is 96.4 Å². The van der Waals surface area contributed by atoms with Gasteiger partial charge in [-0.2, -0.15) is 0 Å². The second-order valence-corrected chi connectivity index (χ2v) is 4.88. The third-order valence-electron chi connectivity index (χ3n) is 4.05. The number of hydrogen-bond donors (Lipinski definition) is 0. The number of aromatic nitrogens is 1. The lowest BCUT2D eigenvalue weighted by Gasteiger charge is -2.44. The fourth-order valence-corrected chi connectivity index (χ4v) is 3.07. The van der Waals surface area contributed by atoms with E-state index in [-0.39, 0.29) is 0 Å². The maximum atomic E-state index is 5.10. The van der Waals surface area contributed by atoms with Crippen molar-refractivity contribution in [1.29, 1.82) is 0 Å². The smallest absolute Gasteiger partial charge is 0.212 e. The molecule has 3 fully saturated rings. The highest BCUT2D eigenvalue weighted by atomic mass is 16.5. The number of ether oxygens (including phenoxy) is 1. The molecule has 1 unspecified atom stereocenters. The molecule has 0 spiro atoms. The van der Waals surface area contributed by atoms with E-state index in [0.29, 0.717) is 11.8 Å². The third-order valence-corrected chi connectivity index (χ3v) is 4.05. The maximum absolute atomic E-state index is 5.10. The molecule has 1 aromatic rings. The molecule has 1 aromatic heterocycles. The third kappa shape index (κ3) is 1.69. The first-order chi connectivity index (χ1) is 7.86. The lowest BCUT2D eigenvalue weighted by atomic mass is 9.76. The van der Waals surface area contributed by atoms with Crippen LogP contribution in [0.2, 0.25) is 0 Å². The molecule has 3 aliphatic rings. The number of hydrogen-bond acceptors (Lipinski definition) is 3. The van der Waals surface area contributed by atoms with E-state index in [2.05, 4.69) is 16.0 Å². The molecule has 4 rings (SSSR count). The monoisotopic (exact) mass is 218 g/mol. The molecule has 0 radical (unpaired) electrons. The van der Waals surface area contributed by atoms with Gasteiger partial charge in [0.2, 0.25) is 5.88 Å². The van der Waals surface area contributed by atoms with Crippen LogP contribution in [-0.4, -0.2) is 36.6 Å². The largest absolute Gasteiger partial charge is 0.481 e. The first-order valence-corrected chi connectivity index (χ1v) is 6.09. The molecule has 3 nitrogen and oxygen atoms in total. The topological polar surface area (TPSA) is 25.4 Å². The summed E-state index contributed by atoms with van der Waals surface area (Å²) >= 11 is 0. The molecular weight excluding hydrogens is 200 g/mol. The normalized spacial score (nSPS) is 32.7. The summed E-state index contributed by atoms with van der Waals surface area (Å²) in [4.78, 5) is 6.89. The van der Waals surface area contributed by atoms with Crippen LogP contribution >= 0.6 is 0 Å². The lowest BCUT2D eigenvalue weighted by Crippen LogP contribution is -2.46. The Balaban J connectivity index is 1.81. The van der Waals surface area contributed by atoms with Crippen LogP contribution in [0.5, 0.6) is 5.88 Å². The fraction of sp³-hybridized carbons (Fsp3) is 0.615. The van der Waals surface area contributed by atoms with Gasteiger partial charge in [-0.15, -0.1) is 0 Å². The minimum Gasteiger partial charge on any atom is -0.481 e. The fourth-order valence-electron chi connectivity index (χ4n) is 3.07. The van der Waals surface area contributed by atoms with Gasteiger partial charge in [0.15, 0.2) is 0 Å². The second-order valence-electron chi connectivity index (χ2n) is 4.88. The zero-order valence-corrected chi connectivity index (χ0v) is 9.72. The molecule has 3 aliphatic heterocycles. The first kappa shape index (κ1) is 10.1. The van der Waals surface area contributed by atoms with Crippen molar-refractivity contribution in [2.24, 2.45) is 5.92 Å². The van der Waals surface area contributed by atoms with Crippen LogP contribution in [-0.2, 0) is 0 Å². The summed E-state index contributed by atoms with van der Waals surface area (Å²) in [6.07, 6.45) is 4.71. The van der Waals surface area contributed by atoms with Crippen molar-refractivity contribution in [3.8, 4) is 5.88 Å². The molecule has 1 atom stereocenters. The summed E-state index contributed by atoms with van der Waals surface area (Å²) in [5, 5.41) is 0. The highest BCUT2D eigenvalue weighted by molar-refractivity contribution is 5.23. The highest BCUT2D eigenvalue weighted by Crippen LogP contribution is 2.38. The molecule has 16 heavy (non-hydrogen) atoms. The van der Waals surface area contributed by atoms with Gasteiger partial charge in [-0.05, 0) is 37.4 Å². The SMILES string of the molecule is COc1ccc(C2CN3CCC2CC3)cn1. The average molecular weight is 218 g/mol. The Kier molecular flexibility index (Phi) is 2.56. The van der Waals surface area contributed by atoms with Crippen LogP contribution in [0, 0.1) is 5.92 Å². The highest BCUT2D eigenvalue weighted by Gasteiger charge is 2.34. The summed E-state index contributed by atoms with van der Waals surface area (Å²) < 4.78 is 5.10. The molecular formula is C13H18N2O. The molecule has 0 aromatic carbocycles. The Morgan fingerprint density at radius 3 is 2.62 bits per heavy atom. The zero-order chi connectivity index (χ0) is 11.0. The Hall–Kier alpha value is -1.09. The quantitative estimate of drug-likeness (QED) is 0.758. The van der Waals surface area contributed by atoms with E-state index in [1.807, 2.05) is 12.3 Å². The minimum atomic E-state index is 0.695. The van der Waals surface area contributed by atoms with E-state index in [0.717, 1.165) is 5.92 Å². The number of nitrogens with zero attached hydrogens (tertiary/aromatic N) is 2. The summed E-state index contributed by atoms with van der Waals surface area (Å²) in [6.45, 7) is 3.81. The van der Waals surface area contributed by atoms with Crippen LogP contribution in [0.25, 0.3) is 0 Å². The molecule has 4 heterocycles. The van der Waals surface area contributed by atoms with E-state index in [9.17, 15) is 0 Å². The molecule has 0 aliphatic carbocycles. The van der Waals surface area contributed by atoms with Crippen molar-refractivity contribution in [2.75, 3.05) is 26.7 Å². The van der Waals surface area contributed by atoms with E-state index in [1.165, 1.54) is 38.0 Å². The van der Waals surface area contributed by atoms with Gasteiger partial charge in [-0.25, -0.2) is 4.98 Å². The van der Waals surface area contributed by atoms with Crippen LogP contribution in [0.1, 0.15) is 24.3 Å². The zero-order valence-electron chi connectivity index (χ0n) is 9.72. The standard InChI is InChI=1S/C13H18N2O/c1-16-13-3-2-11(8-14-13)12-9-15-6-4-10(12)5-7-15/h2-3,8,10,12H,4-7,9H2,1H3. The van der Waals surface area contributed by atoms with Crippen LogP contribution in [0.4, 0.5) is 0 Å². The van der Waals surface area contributed by atoms with Gasteiger partial charge in [0.1, 0.15) is 0 Å². The molecule has 0 saturated carbocycles. The van der Waals surface area contributed by atoms with Crippen LogP contribution in [0.3, 0.4) is 0 Å². The van der Waals surface area contributed by atoms with Crippen LogP contribution in [0.15, 0.2) is 18.3 Å². The Morgan fingerprint density at radius 1 is 1.31 bits per heavy atom. The number of methoxy groups -OCH3 is 1. The molecule has 2 bridgehead atoms. The molecule has 3 saturated heterocycles. The van der Waals surface area contributed by atoms with Gasteiger partial charge in [0.25, 0.3) is 0 Å². The van der Waals surface area contributed by atoms with Gasteiger partial charge in [0.05, 0.1) is 7.11 Å². The predicted octanol–water partition coefficient (Wildman–Crippen LogP) is 1.90. The maximum Gasteiger partial charge on any atom is 0.212 e. The molecule has 86 valence electrons. The first-order valence-electron chi connectivity index (χ1n) is 6.09. The van der Waals surface area contributed by atoms with Gasteiger partial charge in [-0.3, -0.25) is 0 Å². The van der Waals surface area contributed by atoms with E-state index < -0.39 is 0 Å². The van der Waals surface area contributed by atoms with Crippen molar-refractivity contribution in [2.45, 2.75) is 18.8 Å². The van der Waals surface area contributed by atoms with Crippen molar-refractivity contribution < 1.29 is 4.74 Å². The van der Waals surface area contributed by atoms with E-state index >= 15 is 0 Å². The van der Waals surface area contributed by atoms with Gasteiger partial charge < -0.3 is 9.64 Å². The van der Waals surface area contributed by atoms with Gasteiger partial charge in [0, 0.05) is 24.7 Å². The summed E-state index contributed by atoms with van der Waals surface area (Å²) in [5.74, 6) is 2.28. The number of rotatable bonds is 2. The van der Waals surface area contributed by atoms with Crippen molar-refractivity contribution in [1.82, 2.24) is 9.88 Å². The number of piperidine rings is 3. The predicted molar refractivity (Wildman–Crippen MR) is 62.7 cm³/mol. The summed E-state index contributed by atoms with van der Waals surface area (Å²) in [7, 11) is 1.66.